The minimum atomic E-state index is -5.08. The first kappa shape index (κ1) is 28.9. The second kappa shape index (κ2) is 11.2. The molecule has 3 aliphatic rings. The van der Waals surface area contributed by atoms with Crippen molar-refractivity contribution in [3.8, 4) is 5.75 Å². The molecule has 2 fully saturated rings. The van der Waals surface area contributed by atoms with Gasteiger partial charge in [-0.15, -0.1) is 0 Å². The lowest BCUT2D eigenvalue weighted by molar-refractivity contribution is -0.192. The lowest BCUT2D eigenvalue weighted by atomic mass is 9.71. The summed E-state index contributed by atoms with van der Waals surface area (Å²) in [5.41, 5.74) is 5.13. The van der Waals surface area contributed by atoms with Crippen LogP contribution in [0.2, 0.25) is 0 Å². The van der Waals surface area contributed by atoms with Crippen LogP contribution in [0.15, 0.2) is 36.7 Å². The number of aromatic nitrogens is 1. The predicted octanol–water partition coefficient (Wildman–Crippen LogP) is 5.26. The highest BCUT2D eigenvalue weighted by atomic mass is 19.4. The van der Waals surface area contributed by atoms with Gasteiger partial charge in [-0.25, -0.2) is 4.79 Å². The summed E-state index contributed by atoms with van der Waals surface area (Å²) in [4.78, 5) is 30.3. The number of hydrogen-bond donors (Lipinski definition) is 1. The van der Waals surface area contributed by atoms with E-state index >= 15 is 0 Å². The Kier molecular flexibility index (Phi) is 8.25. The molecule has 5 rings (SSSR count). The summed E-state index contributed by atoms with van der Waals surface area (Å²) in [5, 5.41) is 7.12. The molecular weight excluding hydrogens is 511 g/mol. The molecule has 3 aliphatic heterocycles. The topological polar surface area (TPSA) is 83.0 Å². The maximum Gasteiger partial charge on any atom is 0.490 e. The normalized spacial score (nSPS) is 20.0. The van der Waals surface area contributed by atoms with Crippen LogP contribution in [0.5, 0.6) is 5.75 Å². The van der Waals surface area contributed by atoms with Crippen molar-refractivity contribution in [2.45, 2.75) is 71.2 Å². The molecule has 0 unspecified atom stereocenters. The number of carbonyl (C=O) groups is 2. The summed E-state index contributed by atoms with van der Waals surface area (Å²) in [6, 6.07) is 8.17. The van der Waals surface area contributed by atoms with Crippen molar-refractivity contribution in [1.29, 1.82) is 0 Å². The Morgan fingerprint density at radius 2 is 1.56 bits per heavy atom. The fraction of sp³-hybridized carbons (Fsp3) is 0.552. The monoisotopic (exact) mass is 547 g/mol. The van der Waals surface area contributed by atoms with Gasteiger partial charge in [0.1, 0.15) is 11.4 Å². The second-order valence-corrected chi connectivity index (χ2v) is 11.5. The lowest BCUT2D eigenvalue weighted by Crippen LogP contribution is -2.48. The molecule has 2 saturated heterocycles. The molecule has 7 nitrogen and oxygen atoms in total. The molecule has 0 bridgehead atoms. The largest absolute Gasteiger partial charge is 0.490 e. The zero-order valence-electron chi connectivity index (χ0n) is 22.7. The number of aryl methyl sites for hydroxylation is 1. The van der Waals surface area contributed by atoms with Gasteiger partial charge in [0, 0.05) is 55.1 Å². The van der Waals surface area contributed by atoms with Crippen molar-refractivity contribution in [3.05, 3.63) is 58.9 Å². The van der Waals surface area contributed by atoms with Crippen LogP contribution in [0.4, 0.5) is 13.2 Å². The number of rotatable bonds is 3. The number of alkyl halides is 3. The number of ether oxygens (including phenoxy) is 1. The molecule has 1 N–H and O–H groups in total. The average Bonchev–Trinajstić information content (AvgIpc) is 3.24. The van der Waals surface area contributed by atoms with Crippen LogP contribution in [0, 0.1) is 12.3 Å². The fourth-order valence-corrected chi connectivity index (χ4v) is 5.77. The highest BCUT2D eigenvalue weighted by molar-refractivity contribution is 5.94. The van der Waals surface area contributed by atoms with Crippen LogP contribution in [-0.2, 0) is 17.8 Å². The maximum atomic E-state index is 12.8. The summed E-state index contributed by atoms with van der Waals surface area (Å²) < 4.78 is 38.1. The zero-order chi connectivity index (χ0) is 28.4. The zero-order valence-corrected chi connectivity index (χ0v) is 22.7. The van der Waals surface area contributed by atoms with Crippen LogP contribution in [0.3, 0.4) is 0 Å². The highest BCUT2D eigenvalue weighted by Gasteiger charge is 2.40. The van der Waals surface area contributed by atoms with Gasteiger partial charge in [0.2, 0.25) is 0 Å². The molecule has 0 aliphatic carbocycles. The van der Waals surface area contributed by atoms with Crippen molar-refractivity contribution in [2.24, 2.45) is 5.41 Å². The number of piperidine rings is 2. The fourth-order valence-electron chi connectivity index (χ4n) is 5.77. The van der Waals surface area contributed by atoms with Crippen LogP contribution in [0.25, 0.3) is 0 Å². The standard InChI is InChI=1S/C27H35N3O2.C2HF3O2/c1-20-4-5-22(24-23(20)18-26(2,3)32-24)19-29-14-8-27(9-15-29)10-16-30(17-11-27)25(31)21-6-12-28-13-7-21;3-2(4,5)1(6)7/h4-7,12-13H,8-11,14-19H2,1-3H3;(H,6,7). The number of amides is 1. The van der Waals surface area contributed by atoms with Crippen molar-refractivity contribution >= 4 is 11.9 Å². The van der Waals surface area contributed by atoms with Gasteiger partial charge in [0.05, 0.1) is 0 Å². The Balaban J connectivity index is 0.000000448. The number of carboxylic acid groups (broad SMARTS) is 1. The van der Waals surface area contributed by atoms with Gasteiger partial charge in [-0.2, -0.15) is 13.2 Å². The van der Waals surface area contributed by atoms with E-state index in [4.69, 9.17) is 14.6 Å². The third kappa shape index (κ3) is 6.90. The maximum absolute atomic E-state index is 12.8. The highest BCUT2D eigenvalue weighted by Crippen LogP contribution is 2.43. The third-order valence-corrected chi connectivity index (χ3v) is 8.15. The summed E-state index contributed by atoms with van der Waals surface area (Å²) in [5.74, 6) is -1.47. The van der Waals surface area contributed by atoms with Gasteiger partial charge in [0.25, 0.3) is 5.91 Å². The number of hydrogen-bond acceptors (Lipinski definition) is 5. The van der Waals surface area contributed by atoms with E-state index in [1.165, 1.54) is 29.5 Å². The molecule has 212 valence electrons. The second-order valence-electron chi connectivity index (χ2n) is 11.5. The number of nitrogens with zero attached hydrogens (tertiary/aromatic N) is 3. The first-order valence-corrected chi connectivity index (χ1v) is 13.3. The molecule has 1 amide bonds. The van der Waals surface area contributed by atoms with E-state index in [0.717, 1.165) is 63.3 Å². The summed E-state index contributed by atoms with van der Waals surface area (Å²) >= 11 is 0. The average molecular weight is 548 g/mol. The molecule has 0 atom stereocenters. The van der Waals surface area contributed by atoms with E-state index in [1.807, 2.05) is 17.0 Å². The Morgan fingerprint density at radius 3 is 2.13 bits per heavy atom. The van der Waals surface area contributed by atoms with E-state index in [-0.39, 0.29) is 11.5 Å². The van der Waals surface area contributed by atoms with Gasteiger partial charge >= 0.3 is 12.1 Å². The molecule has 39 heavy (non-hydrogen) atoms. The summed E-state index contributed by atoms with van der Waals surface area (Å²) in [7, 11) is 0. The number of carboxylic acids is 1. The van der Waals surface area contributed by atoms with E-state index < -0.39 is 12.1 Å². The van der Waals surface area contributed by atoms with E-state index in [2.05, 4.69) is 42.8 Å². The Hall–Kier alpha value is -3.14. The Labute approximate surface area is 227 Å². The lowest BCUT2D eigenvalue weighted by Gasteiger charge is -2.47. The minimum absolute atomic E-state index is 0.100. The first-order chi connectivity index (χ1) is 18.3. The van der Waals surface area contributed by atoms with Crippen LogP contribution in [0.1, 0.15) is 66.6 Å². The molecular formula is C29H36F3N3O4. The quantitative estimate of drug-likeness (QED) is 0.565. The van der Waals surface area contributed by atoms with Gasteiger partial charge < -0.3 is 14.7 Å². The number of pyridine rings is 1. The third-order valence-electron chi connectivity index (χ3n) is 8.15. The van der Waals surface area contributed by atoms with Gasteiger partial charge in [-0.05, 0) is 82.7 Å². The van der Waals surface area contributed by atoms with Crippen molar-refractivity contribution in [2.75, 3.05) is 26.2 Å². The molecule has 10 heteroatoms. The smallest absolute Gasteiger partial charge is 0.487 e. The van der Waals surface area contributed by atoms with Crippen molar-refractivity contribution in [1.82, 2.24) is 14.8 Å². The Morgan fingerprint density at radius 1 is 1.00 bits per heavy atom. The molecule has 0 radical (unpaired) electrons. The summed E-state index contributed by atoms with van der Waals surface area (Å²) in [6.45, 7) is 11.5. The predicted molar refractivity (Wildman–Crippen MR) is 140 cm³/mol. The van der Waals surface area contributed by atoms with E-state index in [0.29, 0.717) is 5.41 Å². The van der Waals surface area contributed by atoms with Gasteiger partial charge in [-0.3, -0.25) is 14.7 Å². The number of likely N-dealkylation sites (tertiary alicyclic amines) is 2. The van der Waals surface area contributed by atoms with Crippen molar-refractivity contribution < 1.29 is 32.6 Å². The van der Waals surface area contributed by atoms with E-state index in [9.17, 15) is 18.0 Å². The molecule has 1 aromatic carbocycles. The van der Waals surface area contributed by atoms with Gasteiger partial charge in [-0.1, -0.05) is 12.1 Å². The van der Waals surface area contributed by atoms with Crippen LogP contribution < -0.4 is 4.74 Å². The molecule has 4 heterocycles. The molecule has 1 aromatic heterocycles. The van der Waals surface area contributed by atoms with Crippen LogP contribution in [-0.4, -0.2) is 69.7 Å². The molecule has 2 aromatic rings. The van der Waals surface area contributed by atoms with Gasteiger partial charge in [0.15, 0.2) is 0 Å². The SMILES string of the molecule is Cc1ccc(CN2CCC3(CC2)CCN(C(=O)c2ccncc2)CC3)c2c1CC(C)(C)O2.O=C(O)C(F)(F)F. The number of halogens is 3. The van der Waals surface area contributed by atoms with E-state index in [1.54, 1.807) is 12.4 Å². The number of fused-ring (bicyclic) bond motifs is 1. The Bertz CT molecular complexity index is 1180. The van der Waals surface area contributed by atoms with Crippen LogP contribution >= 0.6 is 0 Å². The minimum Gasteiger partial charge on any atom is -0.487 e. The number of aliphatic carboxylic acids is 1. The molecule has 0 saturated carbocycles. The first-order valence-electron chi connectivity index (χ1n) is 13.3. The molecule has 1 spiro atoms. The van der Waals surface area contributed by atoms with Crippen molar-refractivity contribution in [3.63, 3.8) is 0 Å². The number of carbonyl (C=O) groups excluding carboxylic acids is 1. The number of benzene rings is 1. The summed E-state index contributed by atoms with van der Waals surface area (Å²) in [6.07, 6.45) is 4.01.